The molecule has 2 aromatic rings. The third kappa shape index (κ3) is 1.48. The van der Waals surface area contributed by atoms with Gasteiger partial charge in [0.2, 0.25) is 0 Å². The van der Waals surface area contributed by atoms with Crippen LogP contribution in [-0.2, 0) is 0 Å². The molecule has 0 aliphatic heterocycles. The highest BCUT2D eigenvalue weighted by molar-refractivity contribution is 5.90. The number of hydrogen-bond donors (Lipinski definition) is 0. The fourth-order valence-electron chi connectivity index (χ4n) is 1.52. The molecule has 2 aromatic carbocycles. The number of allylic oxidation sites excluding steroid dienone is 1. The van der Waals surface area contributed by atoms with Crippen LogP contribution in [0.5, 0.6) is 0 Å². The van der Waals surface area contributed by atoms with E-state index in [4.69, 9.17) is 0 Å². The lowest BCUT2D eigenvalue weighted by Crippen LogP contribution is -1.76. The Morgan fingerprint density at radius 1 is 0.923 bits per heavy atom. The monoisotopic (exact) mass is 167 g/mol. The molecule has 0 nitrogen and oxygen atoms in total. The van der Waals surface area contributed by atoms with Crippen molar-refractivity contribution in [3.8, 4) is 0 Å². The molecule has 2 rings (SSSR count). The van der Waals surface area contributed by atoms with Gasteiger partial charge in [-0.3, -0.25) is 0 Å². The van der Waals surface area contributed by atoms with Gasteiger partial charge in [0, 0.05) is 0 Å². The summed E-state index contributed by atoms with van der Waals surface area (Å²) in [6.07, 6.45) is 3.85. The molecule has 1 radical (unpaired) electrons. The van der Waals surface area contributed by atoms with Crippen molar-refractivity contribution >= 4 is 16.8 Å². The molecule has 0 fully saturated rings. The molecule has 0 unspecified atom stereocenters. The minimum absolute atomic E-state index is 1.23. The van der Waals surface area contributed by atoms with Gasteiger partial charge in [0.05, 0.1) is 0 Å². The maximum Gasteiger partial charge on any atom is -0.0112 e. The molecule has 0 bridgehead atoms. The first-order chi connectivity index (χ1) is 6.42. The zero-order valence-corrected chi connectivity index (χ0v) is 7.40. The fraction of sp³-hybridized carbons (Fsp3) is 0. The summed E-state index contributed by atoms with van der Waals surface area (Å²) in [7, 11) is 0. The Balaban J connectivity index is 2.75. The lowest BCUT2D eigenvalue weighted by Gasteiger charge is -2.00. The van der Waals surface area contributed by atoms with Gasteiger partial charge < -0.3 is 0 Å². The highest BCUT2D eigenvalue weighted by Crippen LogP contribution is 2.19. The average Bonchev–Trinajstić information content (AvgIpc) is 2.19. The fourth-order valence-corrected chi connectivity index (χ4v) is 1.52. The Morgan fingerprint density at radius 2 is 1.69 bits per heavy atom. The van der Waals surface area contributed by atoms with Gasteiger partial charge in [-0.2, -0.15) is 0 Å². The molecule has 0 saturated heterocycles. The van der Waals surface area contributed by atoms with Crippen molar-refractivity contribution in [2.75, 3.05) is 0 Å². The van der Waals surface area contributed by atoms with Crippen LogP contribution in [0.3, 0.4) is 0 Å². The van der Waals surface area contributed by atoms with E-state index in [0.29, 0.717) is 0 Å². The maximum absolute atomic E-state index is 3.71. The van der Waals surface area contributed by atoms with Gasteiger partial charge in [-0.15, -0.1) is 0 Å². The second-order valence-electron chi connectivity index (χ2n) is 2.97. The molecule has 0 spiro atoms. The van der Waals surface area contributed by atoms with E-state index in [2.05, 4.69) is 49.4 Å². The summed E-state index contributed by atoms with van der Waals surface area (Å²) in [5.74, 6) is 0. The van der Waals surface area contributed by atoms with E-state index in [1.165, 1.54) is 16.3 Å². The lowest BCUT2D eigenvalue weighted by molar-refractivity contribution is 1.71. The molecular weight excluding hydrogens is 156 g/mol. The average molecular weight is 167 g/mol. The number of hydrogen-bond acceptors (Lipinski definition) is 0. The third-order valence-electron chi connectivity index (χ3n) is 2.12. The van der Waals surface area contributed by atoms with E-state index in [0.717, 1.165) is 0 Å². The van der Waals surface area contributed by atoms with Crippen LogP contribution in [0, 0.1) is 6.92 Å². The molecule has 0 amide bonds. The summed E-state index contributed by atoms with van der Waals surface area (Å²) in [6, 6.07) is 14.7. The maximum atomic E-state index is 3.71. The van der Waals surface area contributed by atoms with E-state index in [-0.39, 0.29) is 0 Å². The molecule has 63 valence electrons. The zero-order chi connectivity index (χ0) is 9.10. The van der Waals surface area contributed by atoms with E-state index >= 15 is 0 Å². The predicted octanol–water partition coefficient (Wildman–Crippen LogP) is 3.69. The van der Waals surface area contributed by atoms with Gasteiger partial charge >= 0.3 is 0 Å². The van der Waals surface area contributed by atoms with E-state index in [9.17, 15) is 0 Å². The SMILES string of the molecule is [CH2]/C=C/c1cccc2ccccc12. The highest BCUT2D eigenvalue weighted by atomic mass is 14.0. The van der Waals surface area contributed by atoms with Crippen LogP contribution >= 0.6 is 0 Å². The first-order valence-corrected chi connectivity index (χ1v) is 4.35. The summed E-state index contributed by atoms with van der Waals surface area (Å²) in [6.45, 7) is 3.71. The summed E-state index contributed by atoms with van der Waals surface area (Å²) >= 11 is 0. The molecule has 0 aliphatic rings. The number of benzene rings is 2. The molecule has 0 heteroatoms. The van der Waals surface area contributed by atoms with Crippen LogP contribution in [0.4, 0.5) is 0 Å². The highest BCUT2D eigenvalue weighted by Gasteiger charge is 1.94. The van der Waals surface area contributed by atoms with Crippen LogP contribution in [0.2, 0.25) is 0 Å². The summed E-state index contributed by atoms with van der Waals surface area (Å²) in [5.41, 5.74) is 1.23. The van der Waals surface area contributed by atoms with E-state index in [1.54, 1.807) is 0 Å². The molecule has 13 heavy (non-hydrogen) atoms. The summed E-state index contributed by atoms with van der Waals surface area (Å²) in [5, 5.41) is 2.56. The molecule has 0 atom stereocenters. The predicted molar refractivity (Wildman–Crippen MR) is 58.3 cm³/mol. The zero-order valence-electron chi connectivity index (χ0n) is 7.40. The van der Waals surface area contributed by atoms with Crippen molar-refractivity contribution < 1.29 is 0 Å². The van der Waals surface area contributed by atoms with Crippen molar-refractivity contribution in [3.63, 3.8) is 0 Å². The molecule has 0 N–H and O–H groups in total. The van der Waals surface area contributed by atoms with E-state index < -0.39 is 0 Å². The van der Waals surface area contributed by atoms with Gasteiger partial charge in [0.25, 0.3) is 0 Å². The molecule has 0 saturated carbocycles. The third-order valence-corrected chi connectivity index (χ3v) is 2.12. The van der Waals surface area contributed by atoms with Gasteiger partial charge in [-0.05, 0) is 23.3 Å². The standard InChI is InChI=1S/C13H11/c1-2-6-11-8-5-9-12-7-3-4-10-13(11)12/h2-10H,1H2/b6-2+. The van der Waals surface area contributed by atoms with Gasteiger partial charge in [0.1, 0.15) is 0 Å². The van der Waals surface area contributed by atoms with Crippen molar-refractivity contribution in [2.24, 2.45) is 0 Å². The second-order valence-corrected chi connectivity index (χ2v) is 2.97. The Labute approximate surface area is 78.5 Å². The van der Waals surface area contributed by atoms with Crippen LogP contribution in [0.25, 0.3) is 16.8 Å². The minimum atomic E-state index is 1.23. The summed E-state index contributed by atoms with van der Waals surface area (Å²) < 4.78 is 0. The quantitative estimate of drug-likeness (QED) is 0.607. The van der Waals surface area contributed by atoms with Crippen LogP contribution in [0.1, 0.15) is 5.56 Å². The molecule has 0 heterocycles. The number of rotatable bonds is 1. The van der Waals surface area contributed by atoms with Crippen molar-refractivity contribution in [2.45, 2.75) is 0 Å². The Bertz CT molecular complexity index is 433. The Kier molecular flexibility index (Phi) is 2.13. The number of fused-ring (bicyclic) bond motifs is 1. The second kappa shape index (κ2) is 3.44. The van der Waals surface area contributed by atoms with E-state index in [1.807, 2.05) is 12.2 Å². The van der Waals surface area contributed by atoms with Crippen molar-refractivity contribution in [3.05, 3.63) is 61.0 Å². The normalized spacial score (nSPS) is 11.2. The van der Waals surface area contributed by atoms with Crippen LogP contribution in [-0.4, -0.2) is 0 Å². The van der Waals surface area contributed by atoms with Gasteiger partial charge in [-0.1, -0.05) is 54.6 Å². The topological polar surface area (TPSA) is 0 Å². The van der Waals surface area contributed by atoms with Gasteiger partial charge in [0.15, 0.2) is 0 Å². The minimum Gasteiger partial charge on any atom is -0.0836 e. The van der Waals surface area contributed by atoms with Crippen molar-refractivity contribution in [1.29, 1.82) is 0 Å². The Hall–Kier alpha value is -1.56. The first-order valence-electron chi connectivity index (χ1n) is 4.35. The Morgan fingerprint density at radius 3 is 2.54 bits per heavy atom. The van der Waals surface area contributed by atoms with Gasteiger partial charge in [-0.25, -0.2) is 0 Å². The molecular formula is C13H11. The van der Waals surface area contributed by atoms with Crippen LogP contribution < -0.4 is 0 Å². The van der Waals surface area contributed by atoms with Crippen LogP contribution in [0.15, 0.2) is 48.5 Å². The lowest BCUT2D eigenvalue weighted by atomic mass is 10.0. The summed E-state index contributed by atoms with van der Waals surface area (Å²) in [4.78, 5) is 0. The van der Waals surface area contributed by atoms with Crippen molar-refractivity contribution in [1.82, 2.24) is 0 Å². The molecule has 0 aliphatic carbocycles. The first kappa shape index (κ1) is 8.06. The smallest absolute Gasteiger partial charge is 0.0112 e. The largest absolute Gasteiger partial charge is 0.0836 e. The molecule has 0 aromatic heterocycles.